The number of rotatable bonds is 2. The number of carbonyl (C=O) groups is 1. The topological polar surface area (TPSA) is 76.0 Å². The van der Waals surface area contributed by atoms with Crippen molar-refractivity contribution in [1.82, 2.24) is 14.9 Å². The largest absolute Gasteiger partial charge is 0.327 e. The molecule has 6 nitrogen and oxygen atoms in total. The number of hydrogen-bond acceptors (Lipinski definition) is 4. The Morgan fingerprint density at radius 2 is 1.95 bits per heavy atom. The van der Waals surface area contributed by atoms with Gasteiger partial charge in [0.25, 0.3) is 5.56 Å². The maximum absolute atomic E-state index is 12.6. The van der Waals surface area contributed by atoms with Crippen molar-refractivity contribution >= 4 is 23.6 Å². The minimum absolute atomic E-state index is 0.161. The molecule has 0 spiro atoms. The van der Waals surface area contributed by atoms with Crippen LogP contribution in [0.1, 0.15) is 17.2 Å². The van der Waals surface area contributed by atoms with Crippen molar-refractivity contribution < 1.29 is 4.79 Å². The molecule has 3 rings (SSSR count). The van der Waals surface area contributed by atoms with Gasteiger partial charge in [-0.2, -0.15) is 0 Å². The second kappa shape index (κ2) is 5.25. The summed E-state index contributed by atoms with van der Waals surface area (Å²) in [6.07, 6.45) is 1.84. The highest BCUT2D eigenvalue weighted by Gasteiger charge is 2.30. The Morgan fingerprint density at radius 3 is 2.62 bits per heavy atom. The SMILES string of the molecule is CSc1nc2c(c(=O)n1C)C(c1ccccc1)NC(=O)N2. The molecule has 0 bridgehead atoms. The third-order valence-corrected chi connectivity index (χ3v) is 4.13. The molecule has 2 amide bonds. The normalized spacial score (nSPS) is 16.9. The van der Waals surface area contributed by atoms with Crippen molar-refractivity contribution in [3.05, 3.63) is 51.8 Å². The summed E-state index contributed by atoms with van der Waals surface area (Å²) in [5, 5.41) is 5.96. The van der Waals surface area contributed by atoms with E-state index in [9.17, 15) is 9.59 Å². The molecule has 21 heavy (non-hydrogen) atoms. The lowest BCUT2D eigenvalue weighted by Crippen LogP contribution is -2.43. The van der Waals surface area contributed by atoms with Gasteiger partial charge in [-0.3, -0.25) is 14.7 Å². The minimum Gasteiger partial charge on any atom is -0.327 e. The minimum atomic E-state index is -0.489. The molecule has 2 aromatic rings. The van der Waals surface area contributed by atoms with Crippen molar-refractivity contribution in [3.8, 4) is 0 Å². The van der Waals surface area contributed by atoms with Crippen LogP contribution in [0, 0.1) is 0 Å². The van der Waals surface area contributed by atoms with Gasteiger partial charge in [0, 0.05) is 7.05 Å². The van der Waals surface area contributed by atoms with Crippen LogP contribution in [0.4, 0.5) is 10.6 Å². The van der Waals surface area contributed by atoms with Crippen LogP contribution in [-0.4, -0.2) is 21.8 Å². The number of nitrogens with one attached hydrogen (secondary N) is 2. The molecule has 2 heterocycles. The third-order valence-electron chi connectivity index (χ3n) is 3.40. The number of thioether (sulfide) groups is 1. The van der Waals surface area contributed by atoms with Gasteiger partial charge in [0.2, 0.25) is 0 Å². The van der Waals surface area contributed by atoms with Gasteiger partial charge in [-0.1, -0.05) is 42.1 Å². The lowest BCUT2D eigenvalue weighted by molar-refractivity contribution is 0.248. The van der Waals surface area contributed by atoms with E-state index in [1.807, 2.05) is 36.6 Å². The van der Waals surface area contributed by atoms with Crippen LogP contribution in [0.2, 0.25) is 0 Å². The van der Waals surface area contributed by atoms with Crippen LogP contribution in [-0.2, 0) is 7.05 Å². The number of nitrogens with zero attached hydrogens (tertiary/aromatic N) is 2. The number of urea groups is 1. The summed E-state index contributed by atoms with van der Waals surface area (Å²) in [4.78, 5) is 28.8. The molecule has 0 saturated carbocycles. The van der Waals surface area contributed by atoms with E-state index in [-0.39, 0.29) is 11.6 Å². The number of benzene rings is 1. The van der Waals surface area contributed by atoms with E-state index < -0.39 is 6.04 Å². The zero-order valence-electron chi connectivity index (χ0n) is 11.6. The first-order chi connectivity index (χ1) is 10.1. The first-order valence-corrected chi connectivity index (χ1v) is 7.61. The van der Waals surface area contributed by atoms with Gasteiger partial charge < -0.3 is 5.32 Å². The Bertz CT molecular complexity index is 758. The maximum atomic E-state index is 12.6. The van der Waals surface area contributed by atoms with E-state index in [1.165, 1.54) is 16.3 Å². The highest BCUT2D eigenvalue weighted by atomic mass is 32.2. The molecule has 7 heteroatoms. The fourth-order valence-corrected chi connectivity index (χ4v) is 2.92. The molecule has 0 radical (unpaired) electrons. The van der Waals surface area contributed by atoms with Gasteiger partial charge in [-0.25, -0.2) is 9.78 Å². The zero-order valence-corrected chi connectivity index (χ0v) is 12.4. The quantitative estimate of drug-likeness (QED) is 0.654. The van der Waals surface area contributed by atoms with Gasteiger partial charge in [0.1, 0.15) is 5.82 Å². The molecule has 1 aromatic carbocycles. The molecule has 0 fully saturated rings. The average Bonchev–Trinajstić information content (AvgIpc) is 2.50. The highest BCUT2D eigenvalue weighted by Crippen LogP contribution is 2.28. The van der Waals surface area contributed by atoms with Gasteiger partial charge in [0.05, 0.1) is 11.6 Å². The molecular weight excluding hydrogens is 288 g/mol. The Hall–Kier alpha value is -2.28. The molecule has 2 N–H and O–H groups in total. The number of hydrogen-bond donors (Lipinski definition) is 2. The summed E-state index contributed by atoms with van der Waals surface area (Å²) >= 11 is 1.36. The summed E-state index contributed by atoms with van der Waals surface area (Å²) in [5.41, 5.74) is 1.15. The average molecular weight is 302 g/mol. The van der Waals surface area contributed by atoms with Gasteiger partial charge in [-0.15, -0.1) is 0 Å². The monoisotopic (exact) mass is 302 g/mol. The Morgan fingerprint density at radius 1 is 1.24 bits per heavy atom. The molecule has 1 unspecified atom stereocenters. The fraction of sp³-hybridized carbons (Fsp3) is 0.214. The second-order valence-corrected chi connectivity index (χ2v) is 5.44. The van der Waals surface area contributed by atoms with Crippen LogP contribution < -0.4 is 16.2 Å². The standard InChI is InChI=1S/C14H14N4O2S/c1-18-12(19)9-10(8-6-4-3-5-7-8)15-13(20)16-11(9)17-14(18)21-2/h3-7,10H,1-2H3,(H2,15,16,20). The Labute approximate surface area is 125 Å². The number of amides is 2. The van der Waals surface area contributed by atoms with E-state index in [0.717, 1.165) is 5.56 Å². The van der Waals surface area contributed by atoms with E-state index in [0.29, 0.717) is 16.5 Å². The fourth-order valence-electron chi connectivity index (χ4n) is 2.38. The van der Waals surface area contributed by atoms with E-state index in [1.54, 1.807) is 7.05 Å². The summed E-state index contributed by atoms with van der Waals surface area (Å²) in [5.74, 6) is 0.333. The molecule has 1 aliphatic rings. The first kappa shape index (κ1) is 13.7. The van der Waals surface area contributed by atoms with Crippen LogP contribution in [0.25, 0.3) is 0 Å². The predicted octanol–water partition coefficient (Wildman–Crippen LogP) is 1.73. The summed E-state index contributed by atoms with van der Waals surface area (Å²) in [7, 11) is 1.68. The van der Waals surface area contributed by atoms with Crippen LogP contribution in [0.3, 0.4) is 0 Å². The number of aromatic nitrogens is 2. The first-order valence-electron chi connectivity index (χ1n) is 6.39. The van der Waals surface area contributed by atoms with E-state index in [2.05, 4.69) is 15.6 Å². The Balaban J connectivity index is 2.23. The van der Waals surface area contributed by atoms with Gasteiger partial charge in [0.15, 0.2) is 5.16 Å². The van der Waals surface area contributed by atoms with Crippen molar-refractivity contribution in [3.63, 3.8) is 0 Å². The number of anilines is 1. The molecule has 108 valence electrons. The third kappa shape index (κ3) is 2.29. The lowest BCUT2D eigenvalue weighted by atomic mass is 9.99. The number of fused-ring (bicyclic) bond motifs is 1. The lowest BCUT2D eigenvalue weighted by Gasteiger charge is -2.27. The predicted molar refractivity (Wildman–Crippen MR) is 81.7 cm³/mol. The van der Waals surface area contributed by atoms with Crippen LogP contribution in [0.15, 0.2) is 40.3 Å². The Kier molecular flexibility index (Phi) is 3.42. The van der Waals surface area contributed by atoms with Crippen molar-refractivity contribution in [2.24, 2.45) is 7.05 Å². The van der Waals surface area contributed by atoms with Crippen LogP contribution in [0.5, 0.6) is 0 Å². The zero-order chi connectivity index (χ0) is 15.0. The molecule has 1 aliphatic heterocycles. The molecular formula is C14H14N4O2S. The molecule has 1 aromatic heterocycles. The smallest absolute Gasteiger partial charge is 0.321 e. The molecule has 0 aliphatic carbocycles. The van der Waals surface area contributed by atoms with E-state index >= 15 is 0 Å². The second-order valence-electron chi connectivity index (χ2n) is 4.67. The highest BCUT2D eigenvalue weighted by molar-refractivity contribution is 7.98. The maximum Gasteiger partial charge on any atom is 0.321 e. The van der Waals surface area contributed by atoms with Crippen molar-refractivity contribution in [2.75, 3.05) is 11.6 Å². The van der Waals surface area contributed by atoms with E-state index in [4.69, 9.17) is 0 Å². The summed E-state index contributed by atoms with van der Waals surface area (Å²) in [6.45, 7) is 0. The summed E-state index contributed by atoms with van der Waals surface area (Å²) in [6, 6.07) is 8.54. The van der Waals surface area contributed by atoms with Crippen molar-refractivity contribution in [1.29, 1.82) is 0 Å². The van der Waals surface area contributed by atoms with Crippen LogP contribution >= 0.6 is 11.8 Å². The molecule has 0 saturated heterocycles. The molecule has 1 atom stereocenters. The van der Waals surface area contributed by atoms with Gasteiger partial charge >= 0.3 is 6.03 Å². The van der Waals surface area contributed by atoms with Crippen molar-refractivity contribution in [2.45, 2.75) is 11.2 Å². The van der Waals surface area contributed by atoms with Gasteiger partial charge in [-0.05, 0) is 11.8 Å². The number of carbonyl (C=O) groups excluding carboxylic acids is 1. The summed E-state index contributed by atoms with van der Waals surface area (Å²) < 4.78 is 1.50.